The van der Waals surface area contributed by atoms with Crippen LogP contribution in [0.2, 0.25) is 0 Å². The Hall–Kier alpha value is -3.02. The second-order valence-electron chi connectivity index (χ2n) is 7.11. The highest BCUT2D eigenvalue weighted by Gasteiger charge is 2.37. The topological polar surface area (TPSA) is 68.0 Å². The van der Waals surface area contributed by atoms with Crippen LogP contribution in [0.4, 0.5) is 32.0 Å². The van der Waals surface area contributed by atoms with E-state index in [0.717, 1.165) is 17.3 Å². The molecule has 5 nitrogen and oxygen atoms in total. The van der Waals surface area contributed by atoms with Crippen LogP contribution in [-0.4, -0.2) is 21.9 Å². The van der Waals surface area contributed by atoms with Crippen LogP contribution in [0.3, 0.4) is 0 Å². The van der Waals surface area contributed by atoms with E-state index in [1.54, 1.807) is 0 Å². The summed E-state index contributed by atoms with van der Waals surface area (Å²) in [6.45, 7) is 1.98. The molecule has 1 N–H and O–H groups in total. The van der Waals surface area contributed by atoms with Gasteiger partial charge in [-0.1, -0.05) is 49.0 Å². The third kappa shape index (κ3) is 6.98. The standard InChI is InChI=1S/C21H17F6N3O2S/c1-12(13-5-3-2-4-6-13)7-18-29-30-19(32-18)33-11-17(31)28-16-9-14(20(22,23)24)8-15(10-16)21(25,26)27/h2-6,8-10,12H,7,11H2,1H3,(H,28,31). The molecule has 0 aliphatic heterocycles. The van der Waals surface area contributed by atoms with Crippen LogP contribution in [0.5, 0.6) is 0 Å². The van der Waals surface area contributed by atoms with Crippen molar-refractivity contribution in [2.45, 2.75) is 36.8 Å². The minimum absolute atomic E-state index is 0.0131. The Balaban J connectivity index is 1.61. The number of carbonyl (C=O) groups excluding carboxylic acids is 1. The molecule has 0 radical (unpaired) electrons. The van der Waals surface area contributed by atoms with Crippen molar-refractivity contribution < 1.29 is 35.6 Å². The molecule has 1 heterocycles. The Morgan fingerprint density at radius 2 is 1.61 bits per heavy atom. The van der Waals surface area contributed by atoms with Gasteiger partial charge >= 0.3 is 12.4 Å². The second-order valence-corrected chi connectivity index (χ2v) is 8.04. The van der Waals surface area contributed by atoms with E-state index in [4.69, 9.17) is 4.42 Å². The highest BCUT2D eigenvalue weighted by atomic mass is 32.2. The van der Waals surface area contributed by atoms with Crippen LogP contribution in [0.15, 0.2) is 58.2 Å². The summed E-state index contributed by atoms with van der Waals surface area (Å²) in [4.78, 5) is 12.1. The molecule has 33 heavy (non-hydrogen) atoms. The fourth-order valence-electron chi connectivity index (χ4n) is 2.89. The summed E-state index contributed by atoms with van der Waals surface area (Å²) in [7, 11) is 0. The minimum atomic E-state index is -5.01. The summed E-state index contributed by atoms with van der Waals surface area (Å²) < 4.78 is 83.1. The Morgan fingerprint density at radius 3 is 2.18 bits per heavy atom. The molecule has 3 rings (SSSR count). The summed E-state index contributed by atoms with van der Waals surface area (Å²) in [6, 6.07) is 10.5. The number of halogens is 6. The van der Waals surface area contributed by atoms with Crippen molar-refractivity contribution in [3.8, 4) is 0 Å². The smallest absolute Gasteiger partial charge is 0.416 e. The average molecular weight is 489 g/mol. The first-order chi connectivity index (χ1) is 15.4. The quantitative estimate of drug-likeness (QED) is 0.317. The number of anilines is 1. The molecular weight excluding hydrogens is 472 g/mol. The van der Waals surface area contributed by atoms with E-state index in [1.807, 2.05) is 42.6 Å². The Morgan fingerprint density at radius 1 is 1.00 bits per heavy atom. The number of hydrogen-bond donors (Lipinski definition) is 1. The van der Waals surface area contributed by atoms with Gasteiger partial charge in [0.1, 0.15) is 0 Å². The molecule has 3 aromatic rings. The second kappa shape index (κ2) is 9.86. The maximum Gasteiger partial charge on any atom is 0.416 e. The van der Waals surface area contributed by atoms with Crippen LogP contribution in [0, 0.1) is 0 Å². The van der Waals surface area contributed by atoms with Crippen molar-refractivity contribution in [3.63, 3.8) is 0 Å². The van der Waals surface area contributed by atoms with E-state index in [2.05, 4.69) is 10.2 Å². The Kier molecular flexibility index (Phi) is 7.35. The number of alkyl halides is 6. The molecule has 0 bridgehead atoms. The van der Waals surface area contributed by atoms with E-state index in [1.165, 1.54) is 0 Å². The Bertz CT molecular complexity index is 1070. The van der Waals surface area contributed by atoms with Gasteiger partial charge in [-0.2, -0.15) is 26.3 Å². The normalized spacial score (nSPS) is 13.1. The molecule has 0 saturated carbocycles. The predicted molar refractivity (Wildman–Crippen MR) is 109 cm³/mol. The van der Waals surface area contributed by atoms with Crippen molar-refractivity contribution >= 4 is 23.4 Å². The van der Waals surface area contributed by atoms with E-state index in [0.29, 0.717) is 24.4 Å². The van der Waals surface area contributed by atoms with Gasteiger partial charge in [0.05, 0.1) is 16.9 Å². The maximum absolute atomic E-state index is 12.9. The fraction of sp³-hybridized carbons (Fsp3) is 0.286. The minimum Gasteiger partial charge on any atom is -0.416 e. The third-order valence-corrected chi connectivity index (χ3v) is 5.31. The van der Waals surface area contributed by atoms with Crippen molar-refractivity contribution in [1.29, 1.82) is 0 Å². The summed E-state index contributed by atoms with van der Waals surface area (Å²) in [5.41, 5.74) is -2.59. The van der Waals surface area contributed by atoms with Gasteiger partial charge < -0.3 is 9.73 Å². The number of rotatable bonds is 7. The third-order valence-electron chi connectivity index (χ3n) is 4.50. The first-order valence-electron chi connectivity index (χ1n) is 9.51. The number of hydrogen-bond acceptors (Lipinski definition) is 5. The highest BCUT2D eigenvalue weighted by Crippen LogP contribution is 2.37. The number of benzene rings is 2. The molecule has 1 atom stereocenters. The summed E-state index contributed by atoms with van der Waals surface area (Å²) >= 11 is 0.814. The number of nitrogens with one attached hydrogen (secondary N) is 1. The molecule has 0 saturated heterocycles. The van der Waals surface area contributed by atoms with Crippen molar-refractivity contribution in [1.82, 2.24) is 10.2 Å². The first-order valence-corrected chi connectivity index (χ1v) is 10.5. The zero-order chi connectivity index (χ0) is 24.2. The molecule has 2 aromatic carbocycles. The lowest BCUT2D eigenvalue weighted by atomic mass is 9.98. The monoisotopic (exact) mass is 489 g/mol. The lowest BCUT2D eigenvalue weighted by molar-refractivity contribution is -0.143. The van der Waals surface area contributed by atoms with Gasteiger partial charge in [-0.05, 0) is 29.7 Å². The average Bonchev–Trinajstić information content (AvgIpc) is 3.18. The summed E-state index contributed by atoms with van der Waals surface area (Å²) in [5.74, 6) is -0.753. The molecular formula is C21H17F6N3O2S. The van der Waals surface area contributed by atoms with E-state index in [-0.39, 0.29) is 23.0 Å². The van der Waals surface area contributed by atoms with Gasteiger partial charge in [0.25, 0.3) is 5.22 Å². The number of amides is 1. The van der Waals surface area contributed by atoms with Gasteiger partial charge in [-0.3, -0.25) is 4.79 Å². The summed E-state index contributed by atoms with van der Waals surface area (Å²) in [5, 5.41) is 9.81. The van der Waals surface area contributed by atoms with E-state index >= 15 is 0 Å². The number of carbonyl (C=O) groups is 1. The molecule has 0 aliphatic rings. The molecule has 0 fully saturated rings. The molecule has 12 heteroatoms. The molecule has 176 valence electrons. The zero-order valence-corrected chi connectivity index (χ0v) is 17.8. The first kappa shape index (κ1) is 24.6. The van der Waals surface area contributed by atoms with Crippen molar-refractivity contribution in [3.05, 3.63) is 71.1 Å². The SMILES string of the molecule is CC(Cc1nnc(SCC(=O)Nc2cc(C(F)(F)F)cc(C(F)(F)F)c2)o1)c1ccccc1. The van der Waals surface area contributed by atoms with Crippen LogP contribution < -0.4 is 5.32 Å². The molecule has 1 amide bonds. The van der Waals surface area contributed by atoms with E-state index in [9.17, 15) is 31.1 Å². The van der Waals surface area contributed by atoms with Crippen molar-refractivity contribution in [2.75, 3.05) is 11.1 Å². The molecule has 0 spiro atoms. The lowest BCUT2D eigenvalue weighted by Gasteiger charge is -2.14. The zero-order valence-electron chi connectivity index (χ0n) is 17.0. The number of aromatic nitrogens is 2. The molecule has 1 unspecified atom stereocenters. The lowest BCUT2D eigenvalue weighted by Crippen LogP contribution is -2.17. The van der Waals surface area contributed by atoms with Crippen LogP contribution in [0.1, 0.15) is 35.4 Å². The Labute approximate surface area is 188 Å². The fourth-order valence-corrected chi connectivity index (χ4v) is 3.47. The molecule has 0 aliphatic carbocycles. The number of nitrogens with zero attached hydrogens (tertiary/aromatic N) is 2. The van der Waals surface area contributed by atoms with Gasteiger partial charge in [0.15, 0.2) is 0 Å². The van der Waals surface area contributed by atoms with Crippen LogP contribution in [0.25, 0.3) is 0 Å². The van der Waals surface area contributed by atoms with Gasteiger partial charge in [-0.15, -0.1) is 10.2 Å². The summed E-state index contributed by atoms with van der Waals surface area (Å²) in [6.07, 6.45) is -9.56. The maximum atomic E-state index is 12.9. The van der Waals surface area contributed by atoms with Crippen LogP contribution >= 0.6 is 11.8 Å². The van der Waals surface area contributed by atoms with Crippen LogP contribution in [-0.2, 0) is 23.6 Å². The highest BCUT2D eigenvalue weighted by molar-refractivity contribution is 7.99. The van der Waals surface area contributed by atoms with Gasteiger partial charge in [0.2, 0.25) is 11.8 Å². The largest absolute Gasteiger partial charge is 0.416 e. The molecule has 1 aromatic heterocycles. The van der Waals surface area contributed by atoms with Gasteiger partial charge in [-0.25, -0.2) is 0 Å². The predicted octanol–water partition coefficient (Wildman–Crippen LogP) is 6.18. The van der Waals surface area contributed by atoms with Gasteiger partial charge in [0, 0.05) is 12.1 Å². The van der Waals surface area contributed by atoms with Crippen molar-refractivity contribution in [2.24, 2.45) is 0 Å². The van der Waals surface area contributed by atoms with E-state index < -0.39 is 35.1 Å². The number of thioether (sulfide) groups is 1.